The first kappa shape index (κ1) is 15.7. The molecule has 0 atom stereocenters. The number of carbonyl (C=O) groups is 2. The van der Waals surface area contributed by atoms with Crippen molar-refractivity contribution < 1.29 is 34.0 Å². The van der Waals surface area contributed by atoms with E-state index in [-0.39, 0.29) is 22.6 Å². The van der Waals surface area contributed by atoms with Crippen molar-refractivity contribution in [3.63, 3.8) is 0 Å². The van der Waals surface area contributed by atoms with Crippen LogP contribution in [-0.4, -0.2) is 41.8 Å². The summed E-state index contributed by atoms with van der Waals surface area (Å²) in [5.41, 5.74) is 0.185. The highest BCUT2D eigenvalue weighted by atomic mass is 16.6. The molecule has 0 fully saturated rings. The van der Waals surface area contributed by atoms with Crippen LogP contribution in [0.3, 0.4) is 0 Å². The Morgan fingerprint density at radius 3 is 2.50 bits per heavy atom. The molecule has 0 aromatic heterocycles. The lowest BCUT2D eigenvalue weighted by Gasteiger charge is -2.18. The number of rotatable bonds is 4. The predicted molar refractivity (Wildman–Crippen MR) is 81.8 cm³/mol. The first-order valence-electron chi connectivity index (χ1n) is 7.16. The summed E-state index contributed by atoms with van der Waals surface area (Å²) in [5, 5.41) is 18.8. The molecular weight excluding hydrogens is 316 g/mol. The van der Waals surface area contributed by atoms with Crippen molar-refractivity contribution in [1.29, 1.82) is 0 Å². The van der Waals surface area contributed by atoms with Gasteiger partial charge in [-0.1, -0.05) is 0 Å². The Bertz CT molecular complexity index is 798. The van der Waals surface area contributed by atoms with Crippen LogP contribution in [0, 0.1) is 0 Å². The number of hydrogen-bond acceptors (Lipinski definition) is 7. The van der Waals surface area contributed by atoms with Crippen LogP contribution < -0.4 is 9.47 Å². The minimum atomic E-state index is -0.696. The average molecular weight is 330 g/mol. The van der Waals surface area contributed by atoms with Gasteiger partial charge in [0.2, 0.25) is 5.78 Å². The number of phenols is 2. The number of ketones is 1. The van der Waals surface area contributed by atoms with Gasteiger partial charge in [-0.3, -0.25) is 4.79 Å². The summed E-state index contributed by atoms with van der Waals surface area (Å²) in [4.78, 5) is 24.0. The molecule has 2 aromatic carbocycles. The molecule has 0 aliphatic carbocycles. The standard InChI is InChI=1S/C17H14O7/c18-11-2-3-12(13(19)8-11)14(20)9-24-17(21)10-1-4-15-16(7-10)23-6-5-22-15/h1-4,7-8,18-19H,5-6,9H2. The minimum absolute atomic E-state index is 0.0391. The molecule has 0 saturated heterocycles. The third-order valence-electron chi connectivity index (χ3n) is 3.39. The van der Waals surface area contributed by atoms with Crippen LogP contribution in [0.1, 0.15) is 20.7 Å². The summed E-state index contributed by atoms with van der Waals surface area (Å²) in [6.07, 6.45) is 0. The average Bonchev–Trinajstić information content (AvgIpc) is 2.59. The van der Waals surface area contributed by atoms with Crippen LogP contribution in [0.5, 0.6) is 23.0 Å². The molecule has 7 heteroatoms. The van der Waals surface area contributed by atoms with Crippen LogP contribution in [0.4, 0.5) is 0 Å². The van der Waals surface area contributed by atoms with Crippen molar-refractivity contribution in [2.75, 3.05) is 19.8 Å². The molecule has 0 bridgehead atoms. The van der Waals surface area contributed by atoms with Gasteiger partial charge in [0.15, 0.2) is 18.1 Å². The van der Waals surface area contributed by atoms with Crippen molar-refractivity contribution >= 4 is 11.8 Å². The van der Waals surface area contributed by atoms with Gasteiger partial charge in [0, 0.05) is 6.07 Å². The van der Waals surface area contributed by atoms with Crippen LogP contribution in [0.2, 0.25) is 0 Å². The SMILES string of the molecule is O=C(OCC(=O)c1ccc(O)cc1O)c1ccc2c(c1)OCCO2. The van der Waals surface area contributed by atoms with Gasteiger partial charge in [-0.15, -0.1) is 0 Å². The lowest BCUT2D eigenvalue weighted by Crippen LogP contribution is -2.17. The van der Waals surface area contributed by atoms with Crippen molar-refractivity contribution in [3.05, 3.63) is 47.5 Å². The number of ether oxygens (including phenoxy) is 3. The largest absolute Gasteiger partial charge is 0.508 e. The smallest absolute Gasteiger partial charge is 0.338 e. The molecule has 0 spiro atoms. The van der Waals surface area contributed by atoms with E-state index >= 15 is 0 Å². The number of carbonyl (C=O) groups excluding carboxylic acids is 2. The quantitative estimate of drug-likeness (QED) is 0.652. The summed E-state index contributed by atoms with van der Waals surface area (Å²) in [7, 11) is 0. The molecule has 124 valence electrons. The van der Waals surface area contributed by atoms with Crippen molar-refractivity contribution in [3.8, 4) is 23.0 Å². The first-order chi connectivity index (χ1) is 11.5. The van der Waals surface area contributed by atoms with E-state index < -0.39 is 18.4 Å². The molecule has 2 N–H and O–H groups in total. The Morgan fingerprint density at radius 2 is 1.75 bits per heavy atom. The van der Waals surface area contributed by atoms with Gasteiger partial charge < -0.3 is 24.4 Å². The molecule has 0 unspecified atom stereocenters. The van der Waals surface area contributed by atoms with E-state index in [0.717, 1.165) is 6.07 Å². The molecule has 3 rings (SSSR count). The molecule has 0 saturated carbocycles. The summed E-state index contributed by atoms with van der Waals surface area (Å²) < 4.78 is 15.7. The van der Waals surface area contributed by atoms with E-state index in [0.29, 0.717) is 24.7 Å². The number of esters is 1. The molecule has 7 nitrogen and oxygen atoms in total. The molecule has 1 aliphatic heterocycles. The van der Waals surface area contributed by atoms with E-state index in [1.807, 2.05) is 0 Å². The molecular formula is C17H14O7. The number of hydrogen-bond donors (Lipinski definition) is 2. The number of Topliss-reactive ketones (excluding diaryl/α,β-unsaturated/α-hetero) is 1. The second-order valence-electron chi connectivity index (χ2n) is 5.06. The maximum Gasteiger partial charge on any atom is 0.338 e. The highest BCUT2D eigenvalue weighted by molar-refractivity contribution is 6.01. The van der Waals surface area contributed by atoms with Gasteiger partial charge in [0.25, 0.3) is 0 Å². The topological polar surface area (TPSA) is 102 Å². The number of aromatic hydroxyl groups is 2. The fourth-order valence-corrected chi connectivity index (χ4v) is 2.22. The maximum atomic E-state index is 12.0. The van der Waals surface area contributed by atoms with Crippen LogP contribution in [-0.2, 0) is 4.74 Å². The van der Waals surface area contributed by atoms with Crippen LogP contribution in [0.15, 0.2) is 36.4 Å². The number of phenolic OH excluding ortho intramolecular Hbond substituents is 2. The van der Waals surface area contributed by atoms with Gasteiger partial charge in [-0.05, 0) is 30.3 Å². The number of benzene rings is 2. The van der Waals surface area contributed by atoms with Crippen LogP contribution >= 0.6 is 0 Å². The zero-order valence-electron chi connectivity index (χ0n) is 12.5. The van der Waals surface area contributed by atoms with Crippen molar-refractivity contribution in [2.24, 2.45) is 0 Å². The van der Waals surface area contributed by atoms with Gasteiger partial charge >= 0.3 is 5.97 Å². The highest BCUT2D eigenvalue weighted by Crippen LogP contribution is 2.31. The van der Waals surface area contributed by atoms with Gasteiger partial charge in [0.05, 0.1) is 11.1 Å². The second-order valence-corrected chi connectivity index (χ2v) is 5.06. The normalized spacial score (nSPS) is 12.5. The van der Waals surface area contributed by atoms with Gasteiger partial charge in [-0.2, -0.15) is 0 Å². The Kier molecular flexibility index (Phi) is 4.24. The van der Waals surface area contributed by atoms with E-state index in [4.69, 9.17) is 14.2 Å². The Morgan fingerprint density at radius 1 is 1.00 bits per heavy atom. The minimum Gasteiger partial charge on any atom is -0.508 e. The fourth-order valence-electron chi connectivity index (χ4n) is 2.22. The van der Waals surface area contributed by atoms with E-state index in [1.54, 1.807) is 6.07 Å². The Hall–Kier alpha value is -3.22. The van der Waals surface area contributed by atoms with Gasteiger partial charge in [-0.25, -0.2) is 4.79 Å². The third-order valence-corrected chi connectivity index (χ3v) is 3.39. The summed E-state index contributed by atoms with van der Waals surface area (Å²) in [6.45, 7) is 0.303. The summed E-state index contributed by atoms with van der Waals surface area (Å²) >= 11 is 0. The predicted octanol–water partition coefficient (Wildman–Crippen LogP) is 1.91. The lowest BCUT2D eigenvalue weighted by atomic mass is 10.1. The third kappa shape index (κ3) is 3.24. The number of fused-ring (bicyclic) bond motifs is 1. The fraction of sp³-hybridized carbons (Fsp3) is 0.176. The maximum absolute atomic E-state index is 12.0. The van der Waals surface area contributed by atoms with E-state index in [2.05, 4.69) is 0 Å². The monoisotopic (exact) mass is 330 g/mol. The Balaban J connectivity index is 1.66. The first-order valence-corrected chi connectivity index (χ1v) is 7.16. The summed E-state index contributed by atoms with van der Waals surface area (Å²) in [6, 6.07) is 8.15. The zero-order valence-corrected chi connectivity index (χ0v) is 12.5. The molecule has 0 amide bonds. The zero-order chi connectivity index (χ0) is 17.1. The Labute approximate surface area is 137 Å². The van der Waals surface area contributed by atoms with Gasteiger partial charge in [0.1, 0.15) is 24.7 Å². The second kappa shape index (κ2) is 6.49. The highest BCUT2D eigenvalue weighted by Gasteiger charge is 2.18. The van der Waals surface area contributed by atoms with Crippen molar-refractivity contribution in [2.45, 2.75) is 0 Å². The molecule has 24 heavy (non-hydrogen) atoms. The molecule has 1 aliphatic rings. The molecule has 0 radical (unpaired) electrons. The van der Waals surface area contributed by atoms with E-state index in [1.165, 1.54) is 24.3 Å². The molecule has 1 heterocycles. The van der Waals surface area contributed by atoms with Crippen LogP contribution in [0.25, 0.3) is 0 Å². The molecule has 2 aromatic rings. The van der Waals surface area contributed by atoms with Crippen molar-refractivity contribution in [1.82, 2.24) is 0 Å². The summed E-state index contributed by atoms with van der Waals surface area (Å²) in [5.74, 6) is -0.842. The lowest BCUT2D eigenvalue weighted by molar-refractivity contribution is 0.0473. The van der Waals surface area contributed by atoms with E-state index in [9.17, 15) is 19.8 Å².